The van der Waals surface area contributed by atoms with Gasteiger partial charge in [0.1, 0.15) is 5.82 Å². The number of halogens is 2. The van der Waals surface area contributed by atoms with Crippen molar-refractivity contribution in [1.29, 1.82) is 0 Å². The van der Waals surface area contributed by atoms with E-state index in [0.29, 0.717) is 16.6 Å². The maximum absolute atomic E-state index is 13.9. The van der Waals surface area contributed by atoms with Crippen molar-refractivity contribution in [2.45, 2.75) is 5.16 Å². The van der Waals surface area contributed by atoms with Crippen LogP contribution in [0.1, 0.15) is 0 Å². The van der Waals surface area contributed by atoms with Crippen molar-refractivity contribution >= 4 is 38.6 Å². The van der Waals surface area contributed by atoms with Crippen molar-refractivity contribution in [3.05, 3.63) is 42.1 Å². The summed E-state index contributed by atoms with van der Waals surface area (Å²) >= 11 is 1.30. The minimum absolute atomic E-state index is 0.0751. The average Bonchev–Trinajstić information content (AvgIpc) is 2.56. The number of hydrogen-bond acceptors (Lipinski definition) is 7. The molecule has 136 valence electrons. The van der Waals surface area contributed by atoms with E-state index in [1.54, 1.807) is 6.26 Å². The Kier molecular flexibility index (Phi) is 4.92. The number of ether oxygens (including phenoxy) is 1. The monoisotopic (exact) mass is 398 g/mol. The number of sulfonamides is 1. The van der Waals surface area contributed by atoms with Gasteiger partial charge in [-0.15, -0.1) is 0 Å². The molecule has 0 saturated carbocycles. The summed E-state index contributed by atoms with van der Waals surface area (Å²) in [5.74, 6) is -2.24. The molecule has 0 amide bonds. The van der Waals surface area contributed by atoms with Gasteiger partial charge in [0, 0.05) is 17.6 Å². The lowest BCUT2D eigenvalue weighted by Crippen LogP contribution is -2.12. The van der Waals surface area contributed by atoms with Crippen molar-refractivity contribution in [3.8, 4) is 11.5 Å². The maximum atomic E-state index is 13.9. The summed E-state index contributed by atoms with van der Waals surface area (Å²) in [5.41, 5.74) is 0.238. The van der Waals surface area contributed by atoms with Crippen LogP contribution in [0.5, 0.6) is 11.5 Å². The molecule has 3 aromatic rings. The number of aromatic nitrogens is 3. The molecule has 0 spiro atoms. The molecule has 0 bridgehead atoms. The predicted molar refractivity (Wildman–Crippen MR) is 94.0 cm³/mol. The highest BCUT2D eigenvalue weighted by molar-refractivity contribution is 7.98. The largest absolute Gasteiger partial charge is 0.450 e. The Bertz CT molecular complexity index is 1090. The molecule has 7 nitrogen and oxygen atoms in total. The van der Waals surface area contributed by atoms with Crippen LogP contribution in [0.3, 0.4) is 0 Å². The van der Waals surface area contributed by atoms with Gasteiger partial charge in [0.15, 0.2) is 33.9 Å². The van der Waals surface area contributed by atoms with Gasteiger partial charge in [-0.1, -0.05) is 11.8 Å². The van der Waals surface area contributed by atoms with E-state index in [-0.39, 0.29) is 23.0 Å². The van der Waals surface area contributed by atoms with Crippen LogP contribution in [-0.4, -0.2) is 35.9 Å². The predicted octanol–water partition coefficient (Wildman–Crippen LogP) is 3.19. The number of hydrogen-bond donors (Lipinski definition) is 1. The first-order chi connectivity index (χ1) is 12.2. The average molecular weight is 398 g/mol. The Morgan fingerprint density at radius 1 is 1.15 bits per heavy atom. The number of nitrogens with zero attached hydrogens (tertiary/aromatic N) is 3. The van der Waals surface area contributed by atoms with Crippen molar-refractivity contribution < 1.29 is 21.9 Å². The minimum atomic E-state index is -3.69. The molecule has 0 aliphatic carbocycles. The summed E-state index contributed by atoms with van der Waals surface area (Å²) in [5, 5.41) is 0.910. The number of thioether (sulfide) groups is 1. The van der Waals surface area contributed by atoms with E-state index in [9.17, 15) is 17.2 Å². The van der Waals surface area contributed by atoms with Crippen LogP contribution in [0.25, 0.3) is 11.0 Å². The molecule has 0 radical (unpaired) electrons. The van der Waals surface area contributed by atoms with Gasteiger partial charge in [0.2, 0.25) is 10.0 Å². The SMILES string of the molecule is CSc1ncc2cc(Oc3ccc(F)cc3F)c(NS(C)(=O)=O)nc2n1. The summed E-state index contributed by atoms with van der Waals surface area (Å²) in [7, 11) is -3.69. The van der Waals surface area contributed by atoms with Crippen molar-refractivity contribution in [1.82, 2.24) is 15.0 Å². The lowest BCUT2D eigenvalue weighted by atomic mass is 10.3. The third kappa shape index (κ3) is 4.17. The molecule has 0 fully saturated rings. The fourth-order valence-corrected chi connectivity index (χ4v) is 2.86. The molecule has 2 aromatic heterocycles. The zero-order valence-electron chi connectivity index (χ0n) is 13.5. The smallest absolute Gasteiger partial charge is 0.231 e. The molecule has 0 saturated heterocycles. The number of nitrogens with one attached hydrogen (secondary N) is 1. The van der Waals surface area contributed by atoms with E-state index in [4.69, 9.17) is 4.74 Å². The summed E-state index contributed by atoms with van der Waals surface area (Å²) in [6, 6.07) is 4.18. The highest BCUT2D eigenvalue weighted by atomic mass is 32.2. The zero-order valence-corrected chi connectivity index (χ0v) is 15.2. The van der Waals surface area contributed by atoms with E-state index in [1.807, 2.05) is 0 Å². The third-order valence-corrected chi connectivity index (χ3v) is 4.22. The number of pyridine rings is 1. The summed E-state index contributed by atoms with van der Waals surface area (Å²) in [4.78, 5) is 12.4. The normalized spacial score (nSPS) is 11.5. The van der Waals surface area contributed by atoms with Gasteiger partial charge in [-0.05, 0) is 24.5 Å². The molecule has 0 atom stereocenters. The Morgan fingerprint density at radius 3 is 2.58 bits per heavy atom. The zero-order chi connectivity index (χ0) is 18.9. The minimum Gasteiger partial charge on any atom is -0.450 e. The first-order valence-corrected chi connectivity index (χ1v) is 10.2. The highest BCUT2D eigenvalue weighted by Crippen LogP contribution is 2.33. The standard InChI is InChI=1S/C15H12F2N4O3S2/c1-25-15-18-7-8-5-12(24-11-4-3-9(16)6-10(11)17)14(19-13(8)20-15)21-26(2,22)23/h3-7H,1-2H3,(H,18,19,20,21). The molecular weight excluding hydrogens is 386 g/mol. The van der Waals surface area contributed by atoms with Gasteiger partial charge < -0.3 is 4.74 Å². The van der Waals surface area contributed by atoms with E-state index >= 15 is 0 Å². The molecule has 0 unspecified atom stereocenters. The maximum Gasteiger partial charge on any atom is 0.231 e. The summed E-state index contributed by atoms with van der Waals surface area (Å²) in [6.45, 7) is 0. The van der Waals surface area contributed by atoms with Crippen molar-refractivity contribution in [2.24, 2.45) is 0 Å². The highest BCUT2D eigenvalue weighted by Gasteiger charge is 2.16. The van der Waals surface area contributed by atoms with Crippen LogP contribution < -0.4 is 9.46 Å². The van der Waals surface area contributed by atoms with Crippen LogP contribution in [0, 0.1) is 11.6 Å². The molecular formula is C15H12F2N4O3S2. The summed E-state index contributed by atoms with van der Waals surface area (Å²) in [6.07, 6.45) is 4.21. The van der Waals surface area contributed by atoms with Crippen LogP contribution in [-0.2, 0) is 10.0 Å². The molecule has 1 aromatic carbocycles. The van der Waals surface area contributed by atoms with Crippen molar-refractivity contribution in [2.75, 3.05) is 17.2 Å². The topological polar surface area (TPSA) is 94.1 Å². The lowest BCUT2D eigenvalue weighted by molar-refractivity contribution is 0.438. The van der Waals surface area contributed by atoms with Crippen molar-refractivity contribution in [3.63, 3.8) is 0 Å². The van der Waals surface area contributed by atoms with Gasteiger partial charge in [-0.3, -0.25) is 4.72 Å². The molecule has 1 N–H and O–H groups in total. The number of benzene rings is 1. The number of fused-ring (bicyclic) bond motifs is 1. The van der Waals surface area contributed by atoms with Gasteiger partial charge in [-0.2, -0.15) is 0 Å². The molecule has 3 rings (SSSR count). The summed E-state index contributed by atoms with van der Waals surface area (Å²) < 4.78 is 57.8. The third-order valence-electron chi connectivity index (χ3n) is 3.09. The lowest BCUT2D eigenvalue weighted by Gasteiger charge is -2.13. The van der Waals surface area contributed by atoms with E-state index in [1.165, 1.54) is 24.0 Å². The second-order valence-corrected chi connectivity index (χ2v) is 7.68. The molecule has 0 aliphatic heterocycles. The number of rotatable bonds is 5. The first-order valence-electron chi connectivity index (χ1n) is 7.07. The molecule has 11 heteroatoms. The fourth-order valence-electron chi connectivity index (χ4n) is 2.03. The second-order valence-electron chi connectivity index (χ2n) is 5.16. The molecule has 0 aliphatic rings. The van der Waals surface area contributed by atoms with Crippen LogP contribution in [0.4, 0.5) is 14.6 Å². The van der Waals surface area contributed by atoms with Crippen LogP contribution in [0.2, 0.25) is 0 Å². The first kappa shape index (κ1) is 18.3. The number of anilines is 1. The van der Waals surface area contributed by atoms with E-state index in [0.717, 1.165) is 18.4 Å². The Labute approximate surface area is 151 Å². The molecule has 2 heterocycles. The Balaban J connectivity index is 2.13. The fraction of sp³-hybridized carbons (Fsp3) is 0.133. The Morgan fingerprint density at radius 2 is 1.92 bits per heavy atom. The van der Waals surface area contributed by atoms with Gasteiger partial charge >= 0.3 is 0 Å². The van der Waals surface area contributed by atoms with Crippen LogP contribution in [0.15, 0.2) is 35.6 Å². The molecule has 26 heavy (non-hydrogen) atoms. The second kappa shape index (κ2) is 7.00. The van der Waals surface area contributed by atoms with Gasteiger partial charge in [0.25, 0.3) is 0 Å². The van der Waals surface area contributed by atoms with Gasteiger partial charge in [0.05, 0.1) is 6.26 Å². The quantitative estimate of drug-likeness (QED) is 0.521. The Hall–Kier alpha value is -2.53. The van der Waals surface area contributed by atoms with E-state index < -0.39 is 21.7 Å². The van der Waals surface area contributed by atoms with E-state index in [2.05, 4.69) is 19.7 Å². The van der Waals surface area contributed by atoms with Gasteiger partial charge in [-0.25, -0.2) is 32.2 Å². The van der Waals surface area contributed by atoms with Crippen LogP contribution >= 0.6 is 11.8 Å².